The Labute approximate surface area is 99.8 Å². The summed E-state index contributed by atoms with van der Waals surface area (Å²) < 4.78 is 1.19. The third-order valence-electron chi connectivity index (χ3n) is 2.49. The van der Waals surface area contributed by atoms with Gasteiger partial charge >= 0.3 is 0 Å². The van der Waals surface area contributed by atoms with Gasteiger partial charge in [-0.25, -0.2) is 0 Å². The van der Waals surface area contributed by atoms with E-state index in [2.05, 4.69) is 54.9 Å². The summed E-state index contributed by atoms with van der Waals surface area (Å²) in [4.78, 5) is 0. The van der Waals surface area contributed by atoms with Crippen LogP contribution in [0.1, 0.15) is 25.0 Å². The van der Waals surface area contributed by atoms with E-state index >= 15 is 0 Å². The predicted octanol–water partition coefficient (Wildman–Crippen LogP) is 1.99. The fraction of sp³-hybridized carbons (Fsp3) is 0.385. The molecule has 0 aromatic heterocycles. The topological polar surface area (TPSA) is 26.0 Å². The average molecular weight is 268 g/mol. The van der Waals surface area contributed by atoms with Crippen LogP contribution in [-0.2, 0) is 0 Å². The third-order valence-corrected chi connectivity index (χ3v) is 3.71. The second-order valence-corrected chi connectivity index (χ2v) is 4.74. The van der Waals surface area contributed by atoms with Crippen LogP contribution in [0.2, 0.25) is 0 Å². The van der Waals surface area contributed by atoms with Gasteiger partial charge in [-0.1, -0.05) is 34.1 Å². The molecule has 1 atom stereocenters. The monoisotopic (exact) mass is 267 g/mol. The highest BCUT2D eigenvalue weighted by Crippen LogP contribution is 2.15. The summed E-state index contributed by atoms with van der Waals surface area (Å²) in [6, 6.07) is 2.26. The minimum Gasteiger partial charge on any atom is -0.325 e. The summed E-state index contributed by atoms with van der Waals surface area (Å²) >= 11 is 3.61. The lowest BCUT2D eigenvalue weighted by Gasteiger charge is -2.06. The SMILES string of the molecule is C/C=c1/c(C)c(Br)c(C)c/c1=C/C(C)N. The molecule has 0 aliphatic heterocycles. The molecule has 1 rings (SSSR count). The van der Waals surface area contributed by atoms with Gasteiger partial charge in [0, 0.05) is 10.5 Å². The summed E-state index contributed by atoms with van der Waals surface area (Å²) in [5.74, 6) is 0. The van der Waals surface area contributed by atoms with Gasteiger partial charge in [-0.3, -0.25) is 0 Å². The van der Waals surface area contributed by atoms with Crippen LogP contribution in [0, 0.1) is 13.8 Å². The summed E-state index contributed by atoms with van der Waals surface area (Å²) in [5.41, 5.74) is 8.34. The number of nitrogens with two attached hydrogens (primary N) is 1. The van der Waals surface area contributed by atoms with Crippen molar-refractivity contribution in [1.29, 1.82) is 0 Å². The normalized spacial score (nSPS) is 15.9. The second kappa shape index (κ2) is 4.95. The molecule has 0 saturated heterocycles. The van der Waals surface area contributed by atoms with Crippen molar-refractivity contribution < 1.29 is 0 Å². The molecule has 0 aliphatic carbocycles. The molecule has 1 nitrogen and oxygen atoms in total. The van der Waals surface area contributed by atoms with Gasteiger partial charge in [0.1, 0.15) is 0 Å². The first kappa shape index (κ1) is 12.5. The molecule has 0 spiro atoms. The first-order chi connectivity index (χ1) is 6.97. The van der Waals surface area contributed by atoms with Crippen LogP contribution in [0.4, 0.5) is 0 Å². The van der Waals surface area contributed by atoms with E-state index in [4.69, 9.17) is 5.73 Å². The minimum atomic E-state index is 0.0867. The Balaban J connectivity index is 3.69. The van der Waals surface area contributed by atoms with Crippen molar-refractivity contribution in [2.24, 2.45) is 5.73 Å². The number of rotatable bonds is 1. The number of halogens is 1. The molecular weight excluding hydrogens is 250 g/mol. The summed E-state index contributed by atoms with van der Waals surface area (Å²) in [5, 5.41) is 2.50. The maximum Gasteiger partial charge on any atom is 0.0239 e. The van der Waals surface area contributed by atoms with Gasteiger partial charge in [0.2, 0.25) is 0 Å². The van der Waals surface area contributed by atoms with Crippen LogP contribution in [0.25, 0.3) is 12.2 Å². The molecule has 15 heavy (non-hydrogen) atoms. The van der Waals surface area contributed by atoms with Crippen LogP contribution in [0.5, 0.6) is 0 Å². The molecule has 0 fully saturated rings. The van der Waals surface area contributed by atoms with Gasteiger partial charge in [-0.15, -0.1) is 0 Å². The number of benzene rings is 1. The van der Waals surface area contributed by atoms with Gasteiger partial charge < -0.3 is 5.73 Å². The molecule has 0 saturated carbocycles. The van der Waals surface area contributed by atoms with E-state index < -0.39 is 0 Å². The van der Waals surface area contributed by atoms with Crippen molar-refractivity contribution in [2.75, 3.05) is 0 Å². The zero-order valence-electron chi connectivity index (χ0n) is 9.76. The third kappa shape index (κ3) is 2.70. The number of hydrogen-bond donors (Lipinski definition) is 1. The molecule has 0 heterocycles. The average Bonchev–Trinajstić information content (AvgIpc) is 2.14. The molecule has 2 heteroatoms. The molecular formula is C13H18BrN. The molecule has 0 bridgehead atoms. The first-order valence-electron chi connectivity index (χ1n) is 5.17. The number of aryl methyl sites for hydroxylation is 1. The summed E-state index contributed by atoms with van der Waals surface area (Å²) in [7, 11) is 0. The smallest absolute Gasteiger partial charge is 0.0239 e. The van der Waals surface area contributed by atoms with Crippen molar-refractivity contribution in [3.8, 4) is 0 Å². The molecule has 2 N–H and O–H groups in total. The maximum absolute atomic E-state index is 5.81. The van der Waals surface area contributed by atoms with E-state index in [9.17, 15) is 0 Å². The van der Waals surface area contributed by atoms with E-state index in [1.54, 1.807) is 0 Å². The van der Waals surface area contributed by atoms with Crippen LogP contribution in [-0.4, -0.2) is 6.04 Å². The molecule has 1 unspecified atom stereocenters. The molecule has 1 aromatic rings. The Kier molecular flexibility index (Phi) is 4.12. The quantitative estimate of drug-likeness (QED) is 0.828. The van der Waals surface area contributed by atoms with E-state index in [1.807, 2.05) is 6.92 Å². The van der Waals surface area contributed by atoms with Crippen molar-refractivity contribution >= 4 is 28.1 Å². The predicted molar refractivity (Wildman–Crippen MR) is 71.1 cm³/mol. The molecule has 0 amide bonds. The van der Waals surface area contributed by atoms with Crippen molar-refractivity contribution in [3.63, 3.8) is 0 Å². The summed E-state index contributed by atoms with van der Waals surface area (Å²) in [6.45, 7) is 8.29. The van der Waals surface area contributed by atoms with Crippen LogP contribution in [0.15, 0.2) is 10.5 Å². The minimum absolute atomic E-state index is 0.0867. The zero-order valence-corrected chi connectivity index (χ0v) is 11.4. The fourth-order valence-corrected chi connectivity index (χ4v) is 2.14. The van der Waals surface area contributed by atoms with Gasteiger partial charge in [-0.2, -0.15) is 0 Å². The largest absolute Gasteiger partial charge is 0.325 e. The van der Waals surface area contributed by atoms with E-state index in [0.717, 1.165) is 0 Å². The standard InChI is InChI=1S/C13H18BrN/c1-5-12-10(4)13(14)8(2)6-11(12)7-9(3)15/h5-7,9H,15H2,1-4H3/b11-7-,12-5-. The van der Waals surface area contributed by atoms with Crippen LogP contribution < -0.4 is 16.2 Å². The Morgan fingerprint density at radius 2 is 2.00 bits per heavy atom. The highest BCUT2D eigenvalue weighted by Gasteiger charge is 2.01. The zero-order chi connectivity index (χ0) is 11.6. The van der Waals surface area contributed by atoms with Crippen LogP contribution in [0.3, 0.4) is 0 Å². The molecule has 0 radical (unpaired) electrons. The number of hydrogen-bond acceptors (Lipinski definition) is 1. The van der Waals surface area contributed by atoms with Gasteiger partial charge in [0.15, 0.2) is 0 Å². The van der Waals surface area contributed by atoms with Crippen molar-refractivity contribution in [3.05, 3.63) is 32.1 Å². The molecule has 1 aromatic carbocycles. The van der Waals surface area contributed by atoms with E-state index in [-0.39, 0.29) is 6.04 Å². The van der Waals surface area contributed by atoms with E-state index in [0.29, 0.717) is 0 Å². The Bertz CT molecular complexity index is 472. The Hall–Kier alpha value is -0.600. The highest BCUT2D eigenvalue weighted by atomic mass is 79.9. The lowest BCUT2D eigenvalue weighted by Crippen LogP contribution is -2.31. The summed E-state index contributed by atoms with van der Waals surface area (Å²) in [6.07, 6.45) is 4.23. The van der Waals surface area contributed by atoms with Gasteiger partial charge in [0.25, 0.3) is 0 Å². The van der Waals surface area contributed by atoms with Gasteiger partial charge in [0.05, 0.1) is 0 Å². The maximum atomic E-state index is 5.81. The van der Waals surface area contributed by atoms with E-state index in [1.165, 1.54) is 26.0 Å². The fourth-order valence-electron chi connectivity index (χ4n) is 1.81. The lowest BCUT2D eigenvalue weighted by molar-refractivity contribution is 0.970. The van der Waals surface area contributed by atoms with Crippen LogP contribution >= 0.6 is 15.9 Å². The first-order valence-corrected chi connectivity index (χ1v) is 5.96. The van der Waals surface area contributed by atoms with Gasteiger partial charge in [-0.05, 0) is 49.3 Å². The Morgan fingerprint density at radius 1 is 1.40 bits per heavy atom. The lowest BCUT2D eigenvalue weighted by atomic mass is 10.1. The highest BCUT2D eigenvalue weighted by molar-refractivity contribution is 9.10. The van der Waals surface area contributed by atoms with Crippen molar-refractivity contribution in [1.82, 2.24) is 0 Å². The second-order valence-electron chi connectivity index (χ2n) is 3.95. The van der Waals surface area contributed by atoms with Crippen molar-refractivity contribution in [2.45, 2.75) is 33.7 Å². The molecule has 82 valence electrons. The molecule has 0 aliphatic rings. The Morgan fingerprint density at radius 3 is 2.47 bits per heavy atom.